The van der Waals surface area contributed by atoms with Gasteiger partial charge in [-0.2, -0.15) is 4.68 Å². The second-order valence-electron chi connectivity index (χ2n) is 4.48. The van der Waals surface area contributed by atoms with Crippen molar-refractivity contribution in [2.45, 2.75) is 12.1 Å². The number of hydrogen-bond donors (Lipinski definition) is 1. The van der Waals surface area contributed by atoms with Crippen molar-refractivity contribution in [1.29, 1.82) is 0 Å². The van der Waals surface area contributed by atoms with E-state index >= 15 is 0 Å². The molecule has 0 unspecified atom stereocenters. The third-order valence-electron chi connectivity index (χ3n) is 2.71. The first-order chi connectivity index (χ1) is 11.1. The normalized spacial score (nSPS) is 10.7. The molecule has 1 amide bonds. The maximum Gasteiger partial charge on any atom is 0.236 e. The number of amides is 1. The lowest BCUT2D eigenvalue weighted by atomic mass is 10.3. The largest absolute Gasteiger partial charge is 0.301 e. The third kappa shape index (κ3) is 4.06. The molecule has 3 rings (SSSR count). The highest BCUT2D eigenvalue weighted by Crippen LogP contribution is 2.20. The van der Waals surface area contributed by atoms with Gasteiger partial charge in [0.05, 0.1) is 17.1 Å². The quantitative estimate of drug-likeness (QED) is 0.699. The number of rotatable bonds is 5. The lowest BCUT2D eigenvalue weighted by molar-refractivity contribution is -0.113. The van der Waals surface area contributed by atoms with E-state index in [0.717, 1.165) is 11.4 Å². The Morgan fingerprint density at radius 3 is 2.87 bits per heavy atom. The van der Waals surface area contributed by atoms with Gasteiger partial charge in [-0.3, -0.25) is 4.79 Å². The van der Waals surface area contributed by atoms with Gasteiger partial charge in [0, 0.05) is 10.4 Å². The summed E-state index contributed by atoms with van der Waals surface area (Å²) in [5.74, 6) is 0.0297. The Balaban J connectivity index is 1.64. The number of benzene rings is 1. The van der Waals surface area contributed by atoms with Crippen molar-refractivity contribution >= 4 is 45.7 Å². The molecule has 1 aromatic carbocycles. The van der Waals surface area contributed by atoms with Gasteiger partial charge in [0.2, 0.25) is 11.1 Å². The minimum atomic E-state index is -0.157. The molecule has 0 aliphatic carbocycles. The molecule has 0 bridgehead atoms. The fourth-order valence-corrected chi connectivity index (χ4v) is 3.23. The number of tetrazole rings is 1. The Labute approximate surface area is 145 Å². The van der Waals surface area contributed by atoms with Crippen molar-refractivity contribution in [3.8, 4) is 5.69 Å². The Morgan fingerprint density at radius 1 is 1.39 bits per heavy atom. The smallest absolute Gasteiger partial charge is 0.236 e. The van der Waals surface area contributed by atoms with Crippen molar-refractivity contribution in [3.63, 3.8) is 0 Å². The summed E-state index contributed by atoms with van der Waals surface area (Å²) in [6.45, 7) is 1.88. The van der Waals surface area contributed by atoms with Crippen LogP contribution >= 0.6 is 34.7 Å². The fourth-order valence-electron chi connectivity index (χ4n) is 1.71. The molecule has 0 aliphatic heterocycles. The lowest BCUT2D eigenvalue weighted by Gasteiger charge is -2.04. The summed E-state index contributed by atoms with van der Waals surface area (Å²) >= 11 is 8.51. The second kappa shape index (κ2) is 7.07. The zero-order chi connectivity index (χ0) is 16.2. The van der Waals surface area contributed by atoms with Gasteiger partial charge in [-0.1, -0.05) is 23.4 Å². The molecular formula is C13H11ClN6OS2. The number of carbonyl (C=O) groups is 1. The summed E-state index contributed by atoms with van der Waals surface area (Å²) in [5, 5.41) is 17.9. The number of aromatic nitrogens is 5. The Kier molecular flexibility index (Phi) is 4.89. The first kappa shape index (κ1) is 15.9. The third-order valence-corrected chi connectivity index (χ3v) is 4.76. The Bertz CT molecular complexity index is 816. The maximum atomic E-state index is 11.9. The zero-order valence-electron chi connectivity index (χ0n) is 11.9. The van der Waals surface area contributed by atoms with E-state index in [0.29, 0.717) is 15.3 Å². The second-order valence-corrected chi connectivity index (χ2v) is 6.72. The van der Waals surface area contributed by atoms with Crippen LogP contribution < -0.4 is 5.32 Å². The highest BCUT2D eigenvalue weighted by Gasteiger charge is 2.12. The first-order valence-electron chi connectivity index (χ1n) is 6.51. The number of thiazole rings is 1. The molecule has 0 radical (unpaired) electrons. The average molecular weight is 367 g/mol. The van der Waals surface area contributed by atoms with E-state index in [1.54, 1.807) is 28.9 Å². The number of halogens is 1. The molecular weight excluding hydrogens is 356 g/mol. The number of aryl methyl sites for hydroxylation is 1. The molecule has 10 heteroatoms. The monoisotopic (exact) mass is 366 g/mol. The van der Waals surface area contributed by atoms with Gasteiger partial charge < -0.3 is 5.32 Å². The number of nitrogens with zero attached hydrogens (tertiary/aromatic N) is 5. The van der Waals surface area contributed by atoms with Gasteiger partial charge >= 0.3 is 0 Å². The standard InChI is InChI=1S/C13H11ClN6OS2/c1-8-6-22-12(15-8)16-11(21)7-23-13-17-18-19-20(13)10-4-2-9(14)3-5-10/h2-6H,7H2,1H3,(H,15,16,21). The zero-order valence-corrected chi connectivity index (χ0v) is 14.3. The molecule has 2 aromatic heterocycles. The SMILES string of the molecule is Cc1csc(NC(=O)CSc2nnnn2-c2ccc(Cl)cc2)n1. The molecule has 0 saturated heterocycles. The van der Waals surface area contributed by atoms with Crippen molar-refractivity contribution in [2.75, 3.05) is 11.1 Å². The van der Waals surface area contributed by atoms with Crippen LogP contribution in [-0.2, 0) is 4.79 Å². The predicted octanol–water partition coefficient (Wildman–Crippen LogP) is 2.81. The van der Waals surface area contributed by atoms with Gasteiger partial charge in [0.25, 0.3) is 0 Å². The number of thioether (sulfide) groups is 1. The van der Waals surface area contributed by atoms with Gasteiger partial charge in [-0.15, -0.1) is 16.4 Å². The molecule has 23 heavy (non-hydrogen) atoms. The number of nitrogens with one attached hydrogen (secondary N) is 1. The lowest BCUT2D eigenvalue weighted by Crippen LogP contribution is -2.14. The molecule has 0 spiro atoms. The summed E-state index contributed by atoms with van der Waals surface area (Å²) < 4.78 is 1.56. The molecule has 3 aromatic rings. The Morgan fingerprint density at radius 2 is 2.17 bits per heavy atom. The molecule has 2 heterocycles. The van der Waals surface area contributed by atoms with Gasteiger partial charge in [0.15, 0.2) is 5.13 Å². The molecule has 1 N–H and O–H groups in total. The summed E-state index contributed by atoms with van der Waals surface area (Å²) in [6.07, 6.45) is 0. The van der Waals surface area contributed by atoms with Crippen LogP contribution in [0, 0.1) is 6.92 Å². The van der Waals surface area contributed by atoms with E-state index in [9.17, 15) is 4.79 Å². The van der Waals surface area contributed by atoms with Crippen LogP contribution in [0.25, 0.3) is 5.69 Å². The highest BCUT2D eigenvalue weighted by molar-refractivity contribution is 7.99. The van der Waals surface area contributed by atoms with Gasteiger partial charge in [0.1, 0.15) is 0 Å². The van der Waals surface area contributed by atoms with Crippen LogP contribution in [0.1, 0.15) is 5.69 Å². The van der Waals surface area contributed by atoms with E-state index in [4.69, 9.17) is 11.6 Å². The molecule has 0 fully saturated rings. The van der Waals surface area contributed by atoms with Crippen molar-refractivity contribution in [1.82, 2.24) is 25.2 Å². The minimum absolute atomic E-state index is 0.157. The summed E-state index contributed by atoms with van der Waals surface area (Å²) in [5.41, 5.74) is 1.66. The van der Waals surface area contributed by atoms with Crippen molar-refractivity contribution in [2.24, 2.45) is 0 Å². The summed E-state index contributed by atoms with van der Waals surface area (Å²) in [7, 11) is 0. The molecule has 0 aliphatic rings. The first-order valence-corrected chi connectivity index (χ1v) is 8.75. The Hall–Kier alpha value is -1.97. The molecule has 0 atom stereocenters. The highest BCUT2D eigenvalue weighted by atomic mass is 35.5. The van der Waals surface area contributed by atoms with E-state index in [2.05, 4.69) is 25.8 Å². The van der Waals surface area contributed by atoms with E-state index in [-0.39, 0.29) is 11.7 Å². The number of anilines is 1. The summed E-state index contributed by atoms with van der Waals surface area (Å²) in [6, 6.07) is 7.12. The van der Waals surface area contributed by atoms with Crippen LogP contribution in [0.2, 0.25) is 5.02 Å². The van der Waals surface area contributed by atoms with Crippen LogP contribution in [-0.4, -0.2) is 36.9 Å². The number of carbonyl (C=O) groups excluding carboxylic acids is 1. The van der Waals surface area contributed by atoms with Gasteiger partial charge in [-0.25, -0.2) is 4.98 Å². The van der Waals surface area contributed by atoms with Crippen molar-refractivity contribution in [3.05, 3.63) is 40.4 Å². The minimum Gasteiger partial charge on any atom is -0.301 e. The van der Waals surface area contributed by atoms with Crippen LogP contribution in [0.5, 0.6) is 0 Å². The molecule has 7 nitrogen and oxygen atoms in total. The van der Waals surface area contributed by atoms with E-state index in [1.165, 1.54) is 23.1 Å². The topological polar surface area (TPSA) is 85.6 Å². The van der Waals surface area contributed by atoms with Crippen LogP contribution in [0.4, 0.5) is 5.13 Å². The van der Waals surface area contributed by atoms with E-state index < -0.39 is 0 Å². The average Bonchev–Trinajstić information content (AvgIpc) is 3.15. The molecule has 118 valence electrons. The van der Waals surface area contributed by atoms with E-state index in [1.807, 2.05) is 12.3 Å². The number of hydrogen-bond acceptors (Lipinski definition) is 7. The maximum absolute atomic E-state index is 11.9. The predicted molar refractivity (Wildman–Crippen MR) is 90.4 cm³/mol. The fraction of sp³-hybridized carbons (Fsp3) is 0.154. The summed E-state index contributed by atoms with van der Waals surface area (Å²) in [4.78, 5) is 16.1. The van der Waals surface area contributed by atoms with Gasteiger partial charge in [-0.05, 0) is 41.6 Å². The van der Waals surface area contributed by atoms with Crippen molar-refractivity contribution < 1.29 is 4.79 Å². The van der Waals surface area contributed by atoms with Crippen LogP contribution in [0.3, 0.4) is 0 Å². The van der Waals surface area contributed by atoms with Crippen LogP contribution in [0.15, 0.2) is 34.8 Å². The molecule has 0 saturated carbocycles.